The summed E-state index contributed by atoms with van der Waals surface area (Å²) in [7, 11) is 0. The van der Waals surface area contributed by atoms with Crippen molar-refractivity contribution in [1.29, 1.82) is 0 Å². The van der Waals surface area contributed by atoms with Crippen LogP contribution in [0.1, 0.15) is 5.56 Å². The third kappa shape index (κ3) is 2.75. The highest BCUT2D eigenvalue weighted by atomic mass is 79.9. The Labute approximate surface area is 173 Å². The standard InChI is InChI=1S/C22H15BrF3N3/c23-15-7-5-8-16(12-15)27-21(22(24,25)26)13-14-6-1-2-9-17(14)20-18-10-3-4-11-19(18)28-29(20)21/h1-12,27H,13H2. The smallest absolute Gasteiger partial charge is 0.354 e. The monoisotopic (exact) mass is 457 g/mol. The quantitative estimate of drug-likeness (QED) is 0.380. The summed E-state index contributed by atoms with van der Waals surface area (Å²) < 4.78 is 46.1. The van der Waals surface area contributed by atoms with Crippen LogP contribution in [0, 0.1) is 0 Å². The van der Waals surface area contributed by atoms with Crippen LogP contribution in [-0.2, 0) is 12.1 Å². The Morgan fingerprint density at radius 2 is 1.72 bits per heavy atom. The number of rotatable bonds is 2. The number of benzene rings is 3. The minimum Gasteiger partial charge on any atom is -0.354 e. The van der Waals surface area contributed by atoms with Crippen molar-refractivity contribution in [1.82, 2.24) is 9.78 Å². The van der Waals surface area contributed by atoms with Gasteiger partial charge in [0.1, 0.15) is 0 Å². The highest BCUT2D eigenvalue weighted by Gasteiger charge is 2.60. The van der Waals surface area contributed by atoms with Crippen LogP contribution in [0.3, 0.4) is 0 Å². The van der Waals surface area contributed by atoms with Gasteiger partial charge in [0.15, 0.2) is 0 Å². The van der Waals surface area contributed by atoms with Gasteiger partial charge in [-0.15, -0.1) is 0 Å². The van der Waals surface area contributed by atoms with Crippen molar-refractivity contribution >= 4 is 32.5 Å². The molecule has 3 nitrogen and oxygen atoms in total. The third-order valence-corrected chi connectivity index (χ3v) is 5.80. The minimum absolute atomic E-state index is 0.264. The SMILES string of the molecule is FC(F)(F)C1(Nc2cccc(Br)c2)Cc2ccccc2-c2c3ccccc3nn21. The van der Waals surface area contributed by atoms with E-state index >= 15 is 0 Å². The summed E-state index contributed by atoms with van der Waals surface area (Å²) in [6.07, 6.45) is -4.86. The van der Waals surface area contributed by atoms with E-state index in [0.29, 0.717) is 32.3 Å². The summed E-state index contributed by atoms with van der Waals surface area (Å²) in [4.78, 5) is 0. The fourth-order valence-electron chi connectivity index (χ4n) is 4.02. The van der Waals surface area contributed by atoms with E-state index in [1.807, 2.05) is 24.3 Å². The van der Waals surface area contributed by atoms with Gasteiger partial charge in [0.2, 0.25) is 5.66 Å². The maximum atomic E-state index is 14.7. The number of aromatic nitrogens is 2. The Kier molecular flexibility index (Phi) is 4.00. The Hall–Kier alpha value is -2.80. The number of halogens is 4. The lowest BCUT2D eigenvalue weighted by molar-refractivity contribution is -0.208. The van der Waals surface area contributed by atoms with Crippen LogP contribution in [0.4, 0.5) is 18.9 Å². The normalized spacial score (nSPS) is 18.3. The lowest BCUT2D eigenvalue weighted by Crippen LogP contribution is -2.57. The molecule has 0 radical (unpaired) electrons. The van der Waals surface area contributed by atoms with Crippen LogP contribution < -0.4 is 5.32 Å². The van der Waals surface area contributed by atoms with E-state index in [4.69, 9.17) is 0 Å². The van der Waals surface area contributed by atoms with Crippen LogP contribution >= 0.6 is 15.9 Å². The van der Waals surface area contributed by atoms with Crippen molar-refractivity contribution in [3.8, 4) is 11.3 Å². The highest BCUT2D eigenvalue weighted by molar-refractivity contribution is 9.10. The number of alkyl halides is 3. The molecule has 1 aliphatic heterocycles. The van der Waals surface area contributed by atoms with Gasteiger partial charge in [-0.1, -0.05) is 64.5 Å². The predicted molar refractivity (Wildman–Crippen MR) is 111 cm³/mol. The van der Waals surface area contributed by atoms with Gasteiger partial charge in [-0.05, 0) is 29.8 Å². The van der Waals surface area contributed by atoms with E-state index in [1.54, 1.807) is 48.5 Å². The van der Waals surface area contributed by atoms with Crippen molar-refractivity contribution in [3.63, 3.8) is 0 Å². The molecular formula is C22H15BrF3N3. The molecule has 1 unspecified atom stereocenters. The second-order valence-electron chi connectivity index (χ2n) is 7.10. The van der Waals surface area contributed by atoms with Gasteiger partial charge in [0.25, 0.3) is 0 Å². The van der Waals surface area contributed by atoms with Gasteiger partial charge in [-0.25, -0.2) is 4.68 Å². The molecule has 0 spiro atoms. The summed E-state index contributed by atoms with van der Waals surface area (Å²) in [5.41, 5.74) is 0.367. The molecule has 0 fully saturated rings. The van der Waals surface area contributed by atoms with Gasteiger partial charge < -0.3 is 5.32 Å². The first-order chi connectivity index (χ1) is 13.9. The van der Waals surface area contributed by atoms with Gasteiger partial charge in [0, 0.05) is 27.5 Å². The Balaban J connectivity index is 1.83. The molecule has 1 aliphatic rings. The molecule has 0 amide bonds. The van der Waals surface area contributed by atoms with Crippen molar-refractivity contribution < 1.29 is 13.2 Å². The summed E-state index contributed by atoms with van der Waals surface area (Å²) >= 11 is 3.34. The molecule has 7 heteroatoms. The summed E-state index contributed by atoms with van der Waals surface area (Å²) in [5, 5.41) is 7.89. The number of nitrogens with zero attached hydrogens (tertiary/aromatic N) is 2. The molecular weight excluding hydrogens is 443 g/mol. The topological polar surface area (TPSA) is 29.9 Å². The lowest BCUT2D eigenvalue weighted by atomic mass is 9.88. The summed E-state index contributed by atoms with van der Waals surface area (Å²) in [5.74, 6) is 0. The molecule has 4 aromatic rings. The number of hydrogen-bond donors (Lipinski definition) is 1. The van der Waals surface area contributed by atoms with Crippen LogP contribution in [-0.4, -0.2) is 16.0 Å². The average molecular weight is 458 g/mol. The first-order valence-electron chi connectivity index (χ1n) is 9.06. The van der Waals surface area contributed by atoms with Crippen molar-refractivity contribution in [3.05, 3.63) is 82.8 Å². The predicted octanol–water partition coefficient (Wildman–Crippen LogP) is 6.35. The largest absolute Gasteiger partial charge is 0.432 e. The number of hydrogen-bond acceptors (Lipinski definition) is 2. The summed E-state index contributed by atoms with van der Waals surface area (Å²) in [6, 6.07) is 21.1. The molecule has 0 saturated carbocycles. The van der Waals surface area contributed by atoms with Gasteiger partial charge >= 0.3 is 6.18 Å². The van der Waals surface area contributed by atoms with E-state index in [9.17, 15) is 13.2 Å². The zero-order valence-corrected chi connectivity index (χ0v) is 16.6. The van der Waals surface area contributed by atoms with Crippen molar-refractivity contribution in [2.45, 2.75) is 18.3 Å². The molecule has 0 bridgehead atoms. The first kappa shape index (κ1) is 18.2. The Morgan fingerprint density at radius 1 is 0.966 bits per heavy atom. The fourth-order valence-corrected chi connectivity index (χ4v) is 4.42. The number of fused-ring (bicyclic) bond motifs is 5. The van der Waals surface area contributed by atoms with E-state index in [-0.39, 0.29) is 6.42 Å². The zero-order valence-electron chi connectivity index (χ0n) is 15.0. The summed E-state index contributed by atoms with van der Waals surface area (Å²) in [6.45, 7) is 0. The minimum atomic E-state index is -4.60. The zero-order chi connectivity index (χ0) is 20.2. The number of nitrogens with one attached hydrogen (secondary N) is 1. The van der Waals surface area contributed by atoms with Crippen LogP contribution in [0.2, 0.25) is 0 Å². The molecule has 146 valence electrons. The van der Waals surface area contributed by atoms with E-state index in [2.05, 4.69) is 26.3 Å². The average Bonchev–Trinajstić information content (AvgIpc) is 3.08. The molecule has 5 rings (SSSR count). The van der Waals surface area contributed by atoms with Crippen LogP contribution in [0.5, 0.6) is 0 Å². The number of anilines is 1. The molecule has 3 aromatic carbocycles. The molecule has 1 N–H and O–H groups in total. The van der Waals surface area contributed by atoms with E-state index in [1.165, 1.54) is 0 Å². The second kappa shape index (κ2) is 6.35. The van der Waals surface area contributed by atoms with Crippen molar-refractivity contribution in [2.75, 3.05) is 5.32 Å². The highest BCUT2D eigenvalue weighted by Crippen LogP contribution is 2.48. The molecule has 0 saturated heterocycles. The van der Waals surface area contributed by atoms with Crippen molar-refractivity contribution in [2.24, 2.45) is 0 Å². The molecule has 2 heterocycles. The Bertz CT molecular complexity index is 1230. The molecule has 0 aliphatic carbocycles. The molecule has 1 aromatic heterocycles. The van der Waals surface area contributed by atoms with Gasteiger partial charge in [-0.3, -0.25) is 0 Å². The first-order valence-corrected chi connectivity index (χ1v) is 9.85. The maximum Gasteiger partial charge on any atom is 0.432 e. The van der Waals surface area contributed by atoms with E-state index in [0.717, 1.165) is 10.2 Å². The Morgan fingerprint density at radius 3 is 2.52 bits per heavy atom. The molecule has 1 atom stereocenters. The van der Waals surface area contributed by atoms with E-state index < -0.39 is 11.8 Å². The lowest BCUT2D eigenvalue weighted by Gasteiger charge is -2.41. The van der Waals surface area contributed by atoms with Gasteiger partial charge in [0.05, 0.1) is 11.2 Å². The van der Waals surface area contributed by atoms with Gasteiger partial charge in [-0.2, -0.15) is 18.3 Å². The second-order valence-corrected chi connectivity index (χ2v) is 8.02. The molecule has 29 heavy (non-hydrogen) atoms. The maximum absolute atomic E-state index is 14.7. The third-order valence-electron chi connectivity index (χ3n) is 5.30. The van der Waals surface area contributed by atoms with Crippen LogP contribution in [0.25, 0.3) is 22.2 Å². The fraction of sp³-hybridized carbons (Fsp3) is 0.136. The van der Waals surface area contributed by atoms with Crippen LogP contribution in [0.15, 0.2) is 77.3 Å².